The largest absolute Gasteiger partial charge is 0.550 e. The summed E-state index contributed by atoms with van der Waals surface area (Å²) in [7, 11) is 0. The summed E-state index contributed by atoms with van der Waals surface area (Å²) in [5, 5.41) is 18.9. The van der Waals surface area contributed by atoms with Crippen LogP contribution in [0.1, 0.15) is 19.8 Å². The Morgan fingerprint density at radius 2 is 2.46 bits per heavy atom. The number of carbonyl (C=O) groups is 1. The van der Waals surface area contributed by atoms with Crippen LogP contribution >= 0.6 is 0 Å². The molecule has 0 spiro atoms. The number of aliphatic carboxylic acids is 1. The fraction of sp³-hybridized carbons (Fsp3) is 0.875. The van der Waals surface area contributed by atoms with Gasteiger partial charge in [-0.05, 0) is 13.3 Å². The van der Waals surface area contributed by atoms with Crippen molar-refractivity contribution >= 4 is 5.97 Å². The first-order valence-corrected chi connectivity index (χ1v) is 4.18. The second kappa shape index (κ2) is 4.04. The van der Waals surface area contributed by atoms with Gasteiger partial charge in [-0.2, -0.15) is 0 Å². The summed E-state index contributed by atoms with van der Waals surface area (Å²) >= 11 is 0. The van der Waals surface area contributed by atoms with E-state index in [1.54, 1.807) is 6.92 Å². The number of aliphatic hydroxyl groups is 1. The Bertz CT molecular complexity index is 193. The summed E-state index contributed by atoms with van der Waals surface area (Å²) in [6.07, 6.45) is -0.202. The van der Waals surface area contributed by atoms with Gasteiger partial charge in [-0.15, -0.1) is 0 Å². The van der Waals surface area contributed by atoms with Crippen LogP contribution in [0.25, 0.3) is 0 Å². The lowest BCUT2D eigenvalue weighted by Crippen LogP contribution is -2.31. The maximum atomic E-state index is 10.2. The summed E-state index contributed by atoms with van der Waals surface area (Å²) < 4.78 is 10.5. The molecule has 76 valence electrons. The lowest BCUT2D eigenvalue weighted by molar-refractivity contribution is -0.307. The molecule has 0 radical (unpaired) electrons. The third-order valence-electron chi connectivity index (χ3n) is 1.98. The van der Waals surface area contributed by atoms with Crippen LogP contribution in [0.15, 0.2) is 0 Å². The third kappa shape index (κ3) is 2.95. The van der Waals surface area contributed by atoms with Crippen LogP contribution in [0.4, 0.5) is 0 Å². The Balaban J connectivity index is 2.35. The summed E-state index contributed by atoms with van der Waals surface area (Å²) in [6.45, 7) is 1.85. The van der Waals surface area contributed by atoms with E-state index in [0.717, 1.165) is 0 Å². The molecule has 0 aromatic heterocycles. The fourth-order valence-corrected chi connectivity index (χ4v) is 1.24. The highest BCUT2D eigenvalue weighted by atomic mass is 16.7. The normalized spacial score (nSPS) is 33.5. The van der Waals surface area contributed by atoms with Crippen molar-refractivity contribution in [3.8, 4) is 0 Å². The third-order valence-corrected chi connectivity index (χ3v) is 1.98. The van der Waals surface area contributed by atoms with Gasteiger partial charge in [0.25, 0.3) is 0 Å². The smallest absolute Gasteiger partial charge is 0.166 e. The van der Waals surface area contributed by atoms with Crippen molar-refractivity contribution < 1.29 is 24.5 Å². The zero-order chi connectivity index (χ0) is 9.90. The van der Waals surface area contributed by atoms with Gasteiger partial charge in [-0.25, -0.2) is 0 Å². The molecule has 0 saturated carbocycles. The number of carboxylic acids is 1. The van der Waals surface area contributed by atoms with Crippen molar-refractivity contribution in [2.24, 2.45) is 0 Å². The van der Waals surface area contributed by atoms with Crippen LogP contribution in [0.2, 0.25) is 0 Å². The number of aliphatic hydroxyl groups excluding tert-OH is 1. The Morgan fingerprint density at radius 1 is 1.77 bits per heavy atom. The first-order valence-electron chi connectivity index (χ1n) is 4.18. The number of carboxylic acid groups (broad SMARTS) is 1. The van der Waals surface area contributed by atoms with Gasteiger partial charge in [0.05, 0.1) is 13.2 Å². The van der Waals surface area contributed by atoms with E-state index in [1.165, 1.54) is 0 Å². The zero-order valence-electron chi connectivity index (χ0n) is 7.49. The van der Waals surface area contributed by atoms with Crippen LogP contribution in [0.5, 0.6) is 0 Å². The molecule has 13 heavy (non-hydrogen) atoms. The van der Waals surface area contributed by atoms with Crippen molar-refractivity contribution in [2.75, 3.05) is 13.2 Å². The number of rotatable bonds is 4. The van der Waals surface area contributed by atoms with E-state index in [4.69, 9.17) is 14.6 Å². The van der Waals surface area contributed by atoms with Gasteiger partial charge in [0.15, 0.2) is 5.79 Å². The van der Waals surface area contributed by atoms with Gasteiger partial charge in [0, 0.05) is 12.4 Å². The average molecular weight is 189 g/mol. The monoisotopic (exact) mass is 189 g/mol. The Labute approximate surface area is 76.3 Å². The predicted octanol–water partition coefficient (Wildman–Crippen LogP) is -1.36. The molecule has 1 N–H and O–H groups in total. The molecule has 5 heteroatoms. The van der Waals surface area contributed by atoms with E-state index in [0.29, 0.717) is 6.61 Å². The molecule has 1 rings (SSSR count). The van der Waals surface area contributed by atoms with Crippen LogP contribution < -0.4 is 5.11 Å². The molecular formula is C8H13O5-. The van der Waals surface area contributed by atoms with Crippen molar-refractivity contribution in [3.63, 3.8) is 0 Å². The second-order valence-electron chi connectivity index (χ2n) is 3.24. The molecule has 1 aliphatic rings. The average Bonchev–Trinajstić information content (AvgIpc) is 2.45. The van der Waals surface area contributed by atoms with E-state index in [2.05, 4.69) is 0 Å². The van der Waals surface area contributed by atoms with Crippen LogP contribution in [0.3, 0.4) is 0 Å². The maximum absolute atomic E-state index is 10.2. The number of hydrogen-bond acceptors (Lipinski definition) is 5. The van der Waals surface area contributed by atoms with Gasteiger partial charge >= 0.3 is 0 Å². The van der Waals surface area contributed by atoms with E-state index >= 15 is 0 Å². The molecule has 0 bridgehead atoms. The van der Waals surface area contributed by atoms with Crippen molar-refractivity contribution in [1.82, 2.24) is 0 Å². The predicted molar refractivity (Wildman–Crippen MR) is 40.6 cm³/mol. The Hall–Kier alpha value is -0.650. The number of hydrogen-bond donors (Lipinski definition) is 1. The van der Waals surface area contributed by atoms with Gasteiger partial charge in [0.2, 0.25) is 0 Å². The minimum absolute atomic E-state index is 0.103. The molecule has 1 fully saturated rings. The molecular weight excluding hydrogens is 176 g/mol. The van der Waals surface area contributed by atoms with Gasteiger partial charge in [-0.3, -0.25) is 0 Å². The molecule has 0 amide bonds. The SMILES string of the molecule is CC1(CCC(=O)[O-])OCC(CO)O1. The van der Waals surface area contributed by atoms with Crippen molar-refractivity contribution in [1.29, 1.82) is 0 Å². The van der Waals surface area contributed by atoms with Crippen LogP contribution in [-0.2, 0) is 14.3 Å². The van der Waals surface area contributed by atoms with E-state index in [9.17, 15) is 9.90 Å². The standard InChI is InChI=1S/C8H14O5/c1-8(3-2-7(10)11)12-5-6(4-9)13-8/h6,9H,2-5H2,1H3,(H,10,11)/p-1. The van der Waals surface area contributed by atoms with Crippen LogP contribution in [0, 0.1) is 0 Å². The Kier molecular flexibility index (Phi) is 3.24. The summed E-state index contributed by atoms with van der Waals surface area (Å²) in [4.78, 5) is 10.2. The highest BCUT2D eigenvalue weighted by Crippen LogP contribution is 2.27. The van der Waals surface area contributed by atoms with Crippen LogP contribution in [-0.4, -0.2) is 36.2 Å². The van der Waals surface area contributed by atoms with E-state index in [1.807, 2.05) is 0 Å². The highest BCUT2D eigenvalue weighted by Gasteiger charge is 2.36. The zero-order valence-corrected chi connectivity index (χ0v) is 7.49. The molecule has 2 atom stereocenters. The molecule has 2 unspecified atom stereocenters. The topological polar surface area (TPSA) is 78.8 Å². The summed E-state index contributed by atoms with van der Waals surface area (Å²) in [6, 6.07) is 0. The highest BCUT2D eigenvalue weighted by molar-refractivity contribution is 5.64. The minimum Gasteiger partial charge on any atom is -0.550 e. The summed E-state index contributed by atoms with van der Waals surface area (Å²) in [5.74, 6) is -2.01. The lowest BCUT2D eigenvalue weighted by Gasteiger charge is -2.23. The van der Waals surface area contributed by atoms with E-state index in [-0.39, 0.29) is 25.6 Å². The molecule has 0 aliphatic carbocycles. The first-order chi connectivity index (χ1) is 6.06. The van der Waals surface area contributed by atoms with Gasteiger partial charge in [0.1, 0.15) is 6.10 Å². The lowest BCUT2D eigenvalue weighted by atomic mass is 10.2. The molecule has 1 aliphatic heterocycles. The van der Waals surface area contributed by atoms with Gasteiger partial charge < -0.3 is 24.5 Å². The van der Waals surface area contributed by atoms with Crippen molar-refractivity contribution in [2.45, 2.75) is 31.7 Å². The maximum Gasteiger partial charge on any atom is 0.166 e. The molecule has 1 saturated heterocycles. The molecule has 0 aromatic rings. The first kappa shape index (κ1) is 10.4. The van der Waals surface area contributed by atoms with E-state index < -0.39 is 11.8 Å². The van der Waals surface area contributed by atoms with Crippen molar-refractivity contribution in [3.05, 3.63) is 0 Å². The summed E-state index contributed by atoms with van der Waals surface area (Å²) in [5.41, 5.74) is 0. The second-order valence-corrected chi connectivity index (χ2v) is 3.24. The number of ether oxygens (including phenoxy) is 2. The number of carbonyl (C=O) groups excluding carboxylic acids is 1. The quantitative estimate of drug-likeness (QED) is 0.591. The van der Waals surface area contributed by atoms with Gasteiger partial charge in [-0.1, -0.05) is 0 Å². The Morgan fingerprint density at radius 3 is 2.92 bits per heavy atom. The minimum atomic E-state index is -1.12. The molecule has 1 heterocycles. The molecule has 5 nitrogen and oxygen atoms in total. The fourth-order valence-electron chi connectivity index (χ4n) is 1.24. The molecule has 0 aromatic carbocycles.